The number of anilines is 1. The predicted octanol–water partition coefficient (Wildman–Crippen LogP) is 1.79. The minimum atomic E-state index is -0.864. The lowest BCUT2D eigenvalue weighted by Crippen LogP contribution is -2.32. The summed E-state index contributed by atoms with van der Waals surface area (Å²) < 4.78 is 0. The molecule has 0 aromatic heterocycles. The third-order valence-corrected chi connectivity index (χ3v) is 2.75. The van der Waals surface area contributed by atoms with Crippen molar-refractivity contribution in [2.24, 2.45) is 5.10 Å². The van der Waals surface area contributed by atoms with Gasteiger partial charge in [0.1, 0.15) is 5.75 Å². The molecule has 0 aliphatic carbocycles. The molecule has 2 aromatic carbocycles. The molecule has 6 nitrogen and oxygen atoms in total. The van der Waals surface area contributed by atoms with Crippen LogP contribution >= 0.6 is 0 Å². The van der Waals surface area contributed by atoms with Crippen LogP contribution in [-0.4, -0.2) is 23.1 Å². The molecule has 2 aromatic rings. The van der Waals surface area contributed by atoms with Gasteiger partial charge in [0, 0.05) is 5.69 Å². The van der Waals surface area contributed by atoms with Gasteiger partial charge in [-0.1, -0.05) is 12.1 Å². The first-order valence-corrected chi connectivity index (χ1v) is 6.55. The summed E-state index contributed by atoms with van der Waals surface area (Å²) in [5.74, 6) is -1.52. The number of hydrogen-bond acceptors (Lipinski definition) is 4. The molecular weight excluding hydrogens is 282 g/mol. The fourth-order valence-corrected chi connectivity index (χ4v) is 1.69. The van der Waals surface area contributed by atoms with Gasteiger partial charge in [0.15, 0.2) is 0 Å². The summed E-state index contributed by atoms with van der Waals surface area (Å²) in [5.41, 5.74) is 4.33. The van der Waals surface area contributed by atoms with Gasteiger partial charge in [0.05, 0.1) is 6.21 Å². The molecule has 0 saturated carbocycles. The maximum Gasteiger partial charge on any atom is 0.329 e. The minimum Gasteiger partial charge on any atom is -0.508 e. The molecule has 0 aliphatic heterocycles. The lowest BCUT2D eigenvalue weighted by Gasteiger charge is -2.04. The number of aromatic hydroxyl groups is 1. The van der Waals surface area contributed by atoms with E-state index in [4.69, 9.17) is 5.11 Å². The van der Waals surface area contributed by atoms with E-state index in [9.17, 15) is 9.59 Å². The minimum absolute atomic E-state index is 0.138. The van der Waals surface area contributed by atoms with E-state index in [1.807, 2.05) is 13.0 Å². The quantitative estimate of drug-likeness (QED) is 0.458. The average molecular weight is 297 g/mol. The van der Waals surface area contributed by atoms with E-state index in [2.05, 4.69) is 15.8 Å². The Hall–Kier alpha value is -3.15. The molecule has 22 heavy (non-hydrogen) atoms. The van der Waals surface area contributed by atoms with Crippen molar-refractivity contribution in [3.63, 3.8) is 0 Å². The van der Waals surface area contributed by atoms with Gasteiger partial charge >= 0.3 is 11.8 Å². The predicted molar refractivity (Wildman–Crippen MR) is 83.7 cm³/mol. The van der Waals surface area contributed by atoms with Crippen molar-refractivity contribution in [3.05, 3.63) is 59.7 Å². The van der Waals surface area contributed by atoms with Crippen LogP contribution in [0.4, 0.5) is 5.69 Å². The highest BCUT2D eigenvalue weighted by molar-refractivity contribution is 6.39. The van der Waals surface area contributed by atoms with Crippen LogP contribution in [0, 0.1) is 6.92 Å². The van der Waals surface area contributed by atoms with Gasteiger partial charge in [-0.15, -0.1) is 0 Å². The number of hydrogen-bond donors (Lipinski definition) is 3. The van der Waals surface area contributed by atoms with Gasteiger partial charge in [0.25, 0.3) is 0 Å². The highest BCUT2D eigenvalue weighted by atomic mass is 16.3. The lowest BCUT2D eigenvalue weighted by molar-refractivity contribution is -0.136. The van der Waals surface area contributed by atoms with Crippen LogP contribution < -0.4 is 10.7 Å². The zero-order valence-electron chi connectivity index (χ0n) is 11.9. The number of benzene rings is 2. The number of carbonyl (C=O) groups is 2. The summed E-state index contributed by atoms with van der Waals surface area (Å²) >= 11 is 0. The van der Waals surface area contributed by atoms with Crippen LogP contribution in [0.5, 0.6) is 5.75 Å². The zero-order chi connectivity index (χ0) is 15.9. The number of nitrogens with one attached hydrogen (secondary N) is 2. The Morgan fingerprint density at radius 1 is 1.09 bits per heavy atom. The third kappa shape index (κ3) is 4.45. The maximum atomic E-state index is 11.7. The van der Waals surface area contributed by atoms with Crippen molar-refractivity contribution in [3.8, 4) is 5.75 Å². The first-order valence-electron chi connectivity index (χ1n) is 6.55. The first kappa shape index (κ1) is 15.2. The summed E-state index contributed by atoms with van der Waals surface area (Å²) in [7, 11) is 0. The third-order valence-electron chi connectivity index (χ3n) is 2.75. The molecule has 0 unspecified atom stereocenters. The van der Waals surface area contributed by atoms with Crippen molar-refractivity contribution in [2.75, 3.05) is 5.32 Å². The molecule has 2 amide bonds. The van der Waals surface area contributed by atoms with Crippen molar-refractivity contribution in [1.29, 1.82) is 0 Å². The molecule has 112 valence electrons. The molecule has 0 saturated heterocycles. The molecule has 0 spiro atoms. The van der Waals surface area contributed by atoms with Crippen LogP contribution in [-0.2, 0) is 9.59 Å². The van der Waals surface area contributed by atoms with Gasteiger partial charge in [-0.05, 0) is 54.4 Å². The number of rotatable bonds is 3. The van der Waals surface area contributed by atoms with Crippen LogP contribution in [0.1, 0.15) is 11.1 Å². The summed E-state index contributed by atoms with van der Waals surface area (Å²) in [6, 6.07) is 13.4. The average Bonchev–Trinajstić information content (AvgIpc) is 2.49. The lowest BCUT2D eigenvalue weighted by atomic mass is 10.2. The van der Waals surface area contributed by atoms with Gasteiger partial charge in [-0.2, -0.15) is 5.10 Å². The van der Waals surface area contributed by atoms with Gasteiger partial charge in [-0.3, -0.25) is 9.59 Å². The molecule has 3 N–H and O–H groups in total. The number of phenolic OH excluding ortho intramolecular Hbond substituents is 1. The smallest absolute Gasteiger partial charge is 0.329 e. The Balaban J connectivity index is 1.89. The fourth-order valence-electron chi connectivity index (χ4n) is 1.69. The monoisotopic (exact) mass is 297 g/mol. The number of phenols is 1. The Morgan fingerprint density at radius 3 is 2.50 bits per heavy atom. The second kappa shape index (κ2) is 7.03. The normalized spacial score (nSPS) is 10.4. The van der Waals surface area contributed by atoms with E-state index in [1.165, 1.54) is 18.3 Å². The Bertz CT molecular complexity index is 709. The summed E-state index contributed by atoms with van der Waals surface area (Å²) in [5, 5.41) is 15.3. The van der Waals surface area contributed by atoms with Crippen LogP contribution in [0.15, 0.2) is 53.6 Å². The van der Waals surface area contributed by atoms with Crippen LogP contribution in [0.3, 0.4) is 0 Å². The fraction of sp³-hybridized carbons (Fsp3) is 0.0625. The molecule has 0 atom stereocenters. The Kier molecular flexibility index (Phi) is 4.87. The van der Waals surface area contributed by atoms with E-state index in [1.54, 1.807) is 30.3 Å². The first-order chi connectivity index (χ1) is 10.5. The number of aryl methyl sites for hydroxylation is 1. The largest absolute Gasteiger partial charge is 0.508 e. The van der Waals surface area contributed by atoms with Gasteiger partial charge in [-0.25, -0.2) is 5.43 Å². The molecule has 0 radical (unpaired) electrons. The van der Waals surface area contributed by atoms with Crippen molar-refractivity contribution in [1.82, 2.24) is 5.43 Å². The molecular formula is C16H15N3O3. The highest BCUT2D eigenvalue weighted by Crippen LogP contribution is 2.09. The zero-order valence-corrected chi connectivity index (χ0v) is 11.9. The second-order valence-corrected chi connectivity index (χ2v) is 4.61. The SMILES string of the molecule is Cc1cccc(NC(=O)C(=O)NN=Cc2ccc(O)cc2)c1. The standard InChI is InChI=1S/C16H15N3O3/c1-11-3-2-4-13(9-11)18-15(21)16(22)19-17-10-12-5-7-14(20)8-6-12/h2-10,20H,1H3,(H,18,21)(H,19,22). The maximum absolute atomic E-state index is 11.7. The topological polar surface area (TPSA) is 90.8 Å². The van der Waals surface area contributed by atoms with Crippen LogP contribution in [0.25, 0.3) is 0 Å². The van der Waals surface area contributed by atoms with E-state index in [0.717, 1.165) is 5.56 Å². The molecule has 0 heterocycles. The van der Waals surface area contributed by atoms with E-state index in [-0.39, 0.29) is 5.75 Å². The number of nitrogens with zero attached hydrogens (tertiary/aromatic N) is 1. The highest BCUT2D eigenvalue weighted by Gasteiger charge is 2.12. The molecule has 6 heteroatoms. The number of hydrazone groups is 1. The van der Waals surface area contributed by atoms with Gasteiger partial charge in [0.2, 0.25) is 0 Å². The molecule has 0 fully saturated rings. The summed E-state index contributed by atoms with van der Waals surface area (Å²) in [4.78, 5) is 23.3. The number of amides is 2. The number of carbonyl (C=O) groups excluding carboxylic acids is 2. The van der Waals surface area contributed by atoms with Crippen molar-refractivity contribution >= 4 is 23.7 Å². The van der Waals surface area contributed by atoms with Crippen molar-refractivity contribution < 1.29 is 14.7 Å². The summed E-state index contributed by atoms with van der Waals surface area (Å²) in [6.45, 7) is 1.89. The Morgan fingerprint density at radius 2 is 1.82 bits per heavy atom. The second-order valence-electron chi connectivity index (χ2n) is 4.61. The van der Waals surface area contributed by atoms with E-state index in [0.29, 0.717) is 11.3 Å². The molecule has 0 bridgehead atoms. The summed E-state index contributed by atoms with van der Waals surface area (Å²) in [6.07, 6.45) is 1.37. The molecule has 0 aliphatic rings. The van der Waals surface area contributed by atoms with E-state index < -0.39 is 11.8 Å². The Labute approximate surface area is 127 Å². The van der Waals surface area contributed by atoms with E-state index >= 15 is 0 Å². The van der Waals surface area contributed by atoms with Crippen molar-refractivity contribution in [2.45, 2.75) is 6.92 Å². The van der Waals surface area contributed by atoms with Crippen LogP contribution in [0.2, 0.25) is 0 Å². The van der Waals surface area contributed by atoms with Gasteiger partial charge < -0.3 is 10.4 Å². The molecule has 2 rings (SSSR count).